The molecular weight excluding hydrogens is 564 g/mol. The SMILES string of the molecule is CC(=O)OC[C@H]1O[C@H](C[C@@H](O)C[C@H]2N[C@@]3(C[C@H](C)CC[C@H]3C(C)C)N(C)C2=O)[C@H](OC(C)=O)[C@@H](OC(C)=O)[C@@H]1OC(C)=O. The fourth-order valence-electron chi connectivity index (χ4n) is 7.12. The van der Waals surface area contributed by atoms with Crippen LogP contribution in [-0.4, -0.2) is 102 Å². The van der Waals surface area contributed by atoms with Crippen LogP contribution in [0.5, 0.6) is 0 Å². The molecule has 2 saturated heterocycles. The fraction of sp³-hybridized carbons (Fsp3) is 0.833. The molecule has 1 amide bonds. The van der Waals surface area contributed by atoms with Crippen LogP contribution in [0.4, 0.5) is 0 Å². The summed E-state index contributed by atoms with van der Waals surface area (Å²) in [6.45, 7) is 10.8. The highest BCUT2D eigenvalue weighted by molar-refractivity contribution is 5.85. The number of amides is 1. The Balaban J connectivity index is 1.86. The maximum Gasteiger partial charge on any atom is 0.303 e. The quantitative estimate of drug-likeness (QED) is 0.270. The van der Waals surface area contributed by atoms with E-state index in [2.05, 4.69) is 26.1 Å². The first-order chi connectivity index (χ1) is 20.0. The van der Waals surface area contributed by atoms with Crippen molar-refractivity contribution in [1.82, 2.24) is 10.2 Å². The zero-order valence-electron chi connectivity index (χ0n) is 26.5. The lowest BCUT2D eigenvalue weighted by Crippen LogP contribution is -2.63. The summed E-state index contributed by atoms with van der Waals surface area (Å²) in [6, 6.07) is -0.655. The number of rotatable bonds is 10. The molecule has 0 radical (unpaired) electrons. The molecule has 2 heterocycles. The number of likely N-dealkylation sites (N-methyl/N-ethyl adjacent to an activating group) is 1. The number of aliphatic hydroxyl groups is 1. The van der Waals surface area contributed by atoms with Gasteiger partial charge in [-0.1, -0.05) is 27.2 Å². The molecule has 0 unspecified atom stereocenters. The van der Waals surface area contributed by atoms with Crippen LogP contribution in [-0.2, 0) is 47.7 Å². The zero-order valence-corrected chi connectivity index (χ0v) is 26.5. The molecule has 0 aromatic rings. The van der Waals surface area contributed by atoms with Crippen LogP contribution in [0.15, 0.2) is 0 Å². The summed E-state index contributed by atoms with van der Waals surface area (Å²) in [5.74, 6) is -1.88. The van der Waals surface area contributed by atoms with Gasteiger partial charge in [0.1, 0.15) is 18.8 Å². The van der Waals surface area contributed by atoms with Gasteiger partial charge in [0.15, 0.2) is 18.3 Å². The first-order valence-electron chi connectivity index (χ1n) is 15.1. The molecule has 1 spiro atoms. The molecule has 1 aliphatic carbocycles. The average molecular weight is 613 g/mol. The predicted octanol–water partition coefficient (Wildman–Crippen LogP) is 1.47. The first-order valence-corrected chi connectivity index (χ1v) is 15.1. The van der Waals surface area contributed by atoms with Crippen LogP contribution in [0.2, 0.25) is 0 Å². The fourth-order valence-corrected chi connectivity index (χ4v) is 7.12. The van der Waals surface area contributed by atoms with Gasteiger partial charge in [-0.2, -0.15) is 0 Å². The van der Waals surface area contributed by atoms with Gasteiger partial charge >= 0.3 is 23.9 Å². The van der Waals surface area contributed by atoms with E-state index in [4.69, 9.17) is 23.7 Å². The highest BCUT2D eigenvalue weighted by Crippen LogP contribution is 2.46. The molecule has 2 aliphatic heterocycles. The third kappa shape index (κ3) is 8.24. The number of hydrogen-bond donors (Lipinski definition) is 2. The van der Waals surface area contributed by atoms with Crippen molar-refractivity contribution < 1.29 is 52.8 Å². The van der Waals surface area contributed by atoms with E-state index in [0.717, 1.165) is 40.0 Å². The minimum Gasteiger partial charge on any atom is -0.463 e. The van der Waals surface area contributed by atoms with E-state index >= 15 is 0 Å². The number of carbonyl (C=O) groups excluding carboxylic acids is 5. The predicted molar refractivity (Wildman–Crippen MR) is 151 cm³/mol. The summed E-state index contributed by atoms with van der Waals surface area (Å²) < 4.78 is 27.7. The number of ether oxygens (including phenoxy) is 5. The lowest BCUT2D eigenvalue weighted by Gasteiger charge is -2.49. The van der Waals surface area contributed by atoms with Gasteiger partial charge in [0.2, 0.25) is 5.91 Å². The highest BCUT2D eigenvalue weighted by Gasteiger charge is 2.56. The van der Waals surface area contributed by atoms with Gasteiger partial charge < -0.3 is 33.7 Å². The average Bonchev–Trinajstić information content (AvgIpc) is 3.09. The first kappa shape index (κ1) is 34.7. The van der Waals surface area contributed by atoms with Crippen molar-refractivity contribution in [2.24, 2.45) is 17.8 Å². The van der Waals surface area contributed by atoms with E-state index in [1.807, 2.05) is 7.05 Å². The molecule has 2 N–H and O–H groups in total. The number of hydrogen-bond acceptors (Lipinski definition) is 12. The minimum absolute atomic E-state index is 0.0526. The Kier molecular flexibility index (Phi) is 11.6. The third-order valence-corrected chi connectivity index (χ3v) is 8.80. The molecule has 0 aromatic heterocycles. The molecule has 43 heavy (non-hydrogen) atoms. The maximum atomic E-state index is 13.5. The van der Waals surface area contributed by atoms with E-state index in [-0.39, 0.29) is 31.3 Å². The summed E-state index contributed by atoms with van der Waals surface area (Å²) in [7, 11) is 1.81. The molecule has 244 valence electrons. The number of nitrogens with one attached hydrogen (secondary N) is 1. The lowest BCUT2D eigenvalue weighted by atomic mass is 9.69. The minimum atomic E-state index is -1.31. The molecule has 3 aliphatic rings. The van der Waals surface area contributed by atoms with Crippen LogP contribution >= 0.6 is 0 Å². The van der Waals surface area contributed by atoms with E-state index in [0.29, 0.717) is 11.8 Å². The Bertz CT molecular complexity index is 1050. The largest absolute Gasteiger partial charge is 0.463 e. The van der Waals surface area contributed by atoms with Crippen LogP contribution in [0, 0.1) is 17.8 Å². The molecule has 0 bridgehead atoms. The van der Waals surface area contributed by atoms with Crippen molar-refractivity contribution in [3.63, 3.8) is 0 Å². The Labute approximate surface area is 253 Å². The summed E-state index contributed by atoms with van der Waals surface area (Å²) in [6.07, 6.45) is -4.29. The van der Waals surface area contributed by atoms with E-state index < -0.39 is 72.2 Å². The maximum absolute atomic E-state index is 13.5. The van der Waals surface area contributed by atoms with Gasteiger partial charge in [-0.15, -0.1) is 0 Å². The Morgan fingerprint density at radius 1 is 0.930 bits per heavy atom. The normalized spacial score (nSPS) is 35.0. The Hall–Kier alpha value is -2.77. The Morgan fingerprint density at radius 2 is 1.49 bits per heavy atom. The molecule has 13 nitrogen and oxygen atoms in total. The van der Waals surface area contributed by atoms with E-state index in [1.54, 1.807) is 4.90 Å². The Morgan fingerprint density at radius 3 is 2.02 bits per heavy atom. The number of aliphatic hydroxyl groups excluding tert-OH is 1. The van der Waals surface area contributed by atoms with Crippen LogP contribution in [0.3, 0.4) is 0 Å². The van der Waals surface area contributed by atoms with Crippen molar-refractivity contribution >= 4 is 29.8 Å². The monoisotopic (exact) mass is 612 g/mol. The van der Waals surface area contributed by atoms with Crippen LogP contribution in [0.1, 0.15) is 80.6 Å². The topological polar surface area (TPSA) is 167 Å². The molecule has 3 rings (SSSR count). The van der Waals surface area contributed by atoms with Gasteiger partial charge in [-0.25, -0.2) is 0 Å². The summed E-state index contributed by atoms with van der Waals surface area (Å²) >= 11 is 0. The van der Waals surface area contributed by atoms with Crippen molar-refractivity contribution in [2.75, 3.05) is 13.7 Å². The van der Waals surface area contributed by atoms with Gasteiger partial charge in [0, 0.05) is 41.2 Å². The summed E-state index contributed by atoms with van der Waals surface area (Å²) in [5.41, 5.74) is -0.512. The van der Waals surface area contributed by atoms with Crippen molar-refractivity contribution in [2.45, 2.75) is 129 Å². The zero-order chi connectivity index (χ0) is 32.2. The number of nitrogens with zero attached hydrogens (tertiary/aromatic N) is 1. The number of esters is 4. The van der Waals surface area contributed by atoms with Gasteiger partial charge in [0.05, 0.1) is 17.8 Å². The second-order valence-corrected chi connectivity index (χ2v) is 12.6. The molecular formula is C30H48N2O11. The molecule has 1 saturated carbocycles. The van der Waals surface area contributed by atoms with Crippen molar-refractivity contribution in [3.05, 3.63) is 0 Å². The summed E-state index contributed by atoms with van der Waals surface area (Å²) in [5, 5.41) is 14.9. The third-order valence-electron chi connectivity index (χ3n) is 8.80. The summed E-state index contributed by atoms with van der Waals surface area (Å²) in [4.78, 5) is 63.1. The van der Waals surface area contributed by atoms with Crippen LogP contribution in [0.25, 0.3) is 0 Å². The van der Waals surface area contributed by atoms with Crippen LogP contribution < -0.4 is 5.32 Å². The lowest BCUT2D eigenvalue weighted by molar-refractivity contribution is -0.256. The molecule has 13 heteroatoms. The smallest absolute Gasteiger partial charge is 0.303 e. The van der Waals surface area contributed by atoms with Gasteiger partial charge in [-0.3, -0.25) is 29.3 Å². The highest BCUT2D eigenvalue weighted by atomic mass is 16.7. The number of carbonyl (C=O) groups is 5. The van der Waals surface area contributed by atoms with Crippen molar-refractivity contribution in [3.8, 4) is 0 Å². The van der Waals surface area contributed by atoms with Gasteiger partial charge in [0.25, 0.3) is 0 Å². The van der Waals surface area contributed by atoms with E-state index in [9.17, 15) is 29.1 Å². The standard InChI is InChI=1S/C30H48N2O11/c1-15(2)22-10-9-16(3)13-30(22)31-23(29(38)32(30)8)11-21(37)12-24-26(40-18(5)34)28(42-20(7)36)27(41-19(6)35)25(43-24)14-39-17(4)33/h15-16,21-28,31,37H,9-14H2,1-8H3/t16-,21+,22+,23-,24-,25-,26+,27-,28-,30+/m1/s1. The second-order valence-electron chi connectivity index (χ2n) is 12.6. The molecule has 10 atom stereocenters. The van der Waals surface area contributed by atoms with Crippen molar-refractivity contribution in [1.29, 1.82) is 0 Å². The van der Waals surface area contributed by atoms with Gasteiger partial charge in [-0.05, 0) is 37.0 Å². The van der Waals surface area contributed by atoms with E-state index in [1.165, 1.54) is 6.92 Å². The molecule has 3 fully saturated rings. The molecule has 0 aromatic carbocycles. The second kappa shape index (κ2) is 14.3.